The molecular weight excluding hydrogens is 352 g/mol. The van der Waals surface area contributed by atoms with E-state index in [2.05, 4.69) is 19.2 Å². The number of methoxy groups -OCH3 is 1. The topological polar surface area (TPSA) is 67.8 Å². The Morgan fingerprint density at radius 3 is 2.61 bits per heavy atom. The number of hydrogen-bond acceptors (Lipinski definition) is 4. The Labute approximate surface area is 165 Å². The van der Waals surface area contributed by atoms with E-state index in [9.17, 15) is 9.59 Å². The maximum atomic E-state index is 13.0. The quantitative estimate of drug-likeness (QED) is 0.777. The molecule has 2 aromatic rings. The van der Waals surface area contributed by atoms with Crippen LogP contribution in [0.3, 0.4) is 0 Å². The molecule has 2 aromatic carbocycles. The summed E-state index contributed by atoms with van der Waals surface area (Å²) in [5.41, 5.74) is 3.63. The first-order valence-corrected chi connectivity index (χ1v) is 9.50. The first-order valence-electron chi connectivity index (χ1n) is 9.50. The van der Waals surface area contributed by atoms with E-state index in [1.165, 1.54) is 5.56 Å². The fraction of sp³-hybridized carbons (Fsp3) is 0.348. The van der Waals surface area contributed by atoms with Crippen LogP contribution in [-0.2, 0) is 6.42 Å². The average molecular weight is 378 g/mol. The second kappa shape index (κ2) is 7.97. The van der Waals surface area contributed by atoms with E-state index in [0.717, 1.165) is 23.4 Å². The third-order valence-electron chi connectivity index (χ3n) is 4.80. The van der Waals surface area contributed by atoms with E-state index in [1.807, 2.05) is 25.1 Å². The first-order chi connectivity index (χ1) is 13.3. The van der Waals surface area contributed by atoms with Gasteiger partial charge in [0.2, 0.25) is 0 Å². The number of benzene rings is 2. The number of Topliss-reactive ketones (excluding diaryl/α,β-unsaturated/α-hetero) is 1. The zero-order valence-electron chi connectivity index (χ0n) is 16.8. The van der Waals surface area contributed by atoms with Gasteiger partial charge in [-0.05, 0) is 57.0 Å². The highest BCUT2D eigenvalue weighted by atomic mass is 16.5. The van der Waals surface area contributed by atoms with E-state index in [4.69, 9.17) is 9.73 Å². The van der Waals surface area contributed by atoms with Crippen molar-refractivity contribution in [3.8, 4) is 5.75 Å². The van der Waals surface area contributed by atoms with Gasteiger partial charge >= 0.3 is 0 Å². The molecule has 3 rings (SSSR count). The number of ketones is 1. The van der Waals surface area contributed by atoms with Gasteiger partial charge in [-0.15, -0.1) is 0 Å². The zero-order valence-corrected chi connectivity index (χ0v) is 16.8. The smallest absolute Gasteiger partial charge is 0.251 e. The van der Waals surface area contributed by atoms with Crippen LogP contribution >= 0.6 is 0 Å². The van der Waals surface area contributed by atoms with Crippen molar-refractivity contribution in [2.75, 3.05) is 13.7 Å². The molecule has 0 fully saturated rings. The van der Waals surface area contributed by atoms with E-state index in [-0.39, 0.29) is 23.7 Å². The minimum atomic E-state index is -0.264. The zero-order chi connectivity index (χ0) is 20.3. The van der Waals surface area contributed by atoms with Gasteiger partial charge in [0.15, 0.2) is 5.78 Å². The summed E-state index contributed by atoms with van der Waals surface area (Å²) in [7, 11) is 1.63. The lowest BCUT2D eigenvalue weighted by Crippen LogP contribution is -2.30. The van der Waals surface area contributed by atoms with Gasteiger partial charge in [0.05, 0.1) is 24.8 Å². The Morgan fingerprint density at radius 2 is 1.89 bits per heavy atom. The molecule has 0 aliphatic carbocycles. The summed E-state index contributed by atoms with van der Waals surface area (Å²) < 4.78 is 5.35. The summed E-state index contributed by atoms with van der Waals surface area (Å²) in [6.45, 7) is 6.55. The fourth-order valence-electron chi connectivity index (χ4n) is 3.52. The maximum absolute atomic E-state index is 13.0. The summed E-state index contributed by atoms with van der Waals surface area (Å²) in [6.07, 6.45) is 0.999. The molecule has 0 saturated carbocycles. The first kappa shape index (κ1) is 19.8. The van der Waals surface area contributed by atoms with E-state index in [1.54, 1.807) is 31.4 Å². The molecule has 0 spiro atoms. The van der Waals surface area contributed by atoms with Gasteiger partial charge in [0.25, 0.3) is 5.91 Å². The summed E-state index contributed by atoms with van der Waals surface area (Å²) in [4.78, 5) is 29.9. The molecule has 5 heteroatoms. The van der Waals surface area contributed by atoms with Crippen LogP contribution in [0.4, 0.5) is 0 Å². The average Bonchev–Trinajstić information content (AvgIpc) is 2.67. The highest BCUT2D eigenvalue weighted by Crippen LogP contribution is 2.31. The maximum Gasteiger partial charge on any atom is 0.251 e. The monoisotopic (exact) mass is 378 g/mol. The van der Waals surface area contributed by atoms with Gasteiger partial charge in [0.1, 0.15) is 5.75 Å². The van der Waals surface area contributed by atoms with Crippen molar-refractivity contribution in [3.05, 3.63) is 64.7 Å². The van der Waals surface area contributed by atoms with Crippen molar-refractivity contribution in [2.24, 2.45) is 4.99 Å². The molecule has 0 saturated heterocycles. The number of carbonyl (C=O) groups excluding carboxylic acids is 2. The van der Waals surface area contributed by atoms with E-state index in [0.29, 0.717) is 17.7 Å². The highest BCUT2D eigenvalue weighted by Gasteiger charge is 2.28. The number of nitrogens with zero attached hydrogens (tertiary/aromatic N) is 1. The number of rotatable bonds is 6. The van der Waals surface area contributed by atoms with Crippen LogP contribution in [0.5, 0.6) is 5.75 Å². The lowest BCUT2D eigenvalue weighted by atomic mass is 9.85. The molecule has 0 radical (unpaired) electrons. The number of aliphatic imine (C=N–C) groups is 1. The molecule has 5 nitrogen and oxygen atoms in total. The van der Waals surface area contributed by atoms with Crippen molar-refractivity contribution in [1.82, 2.24) is 5.32 Å². The predicted molar refractivity (Wildman–Crippen MR) is 111 cm³/mol. The fourth-order valence-corrected chi connectivity index (χ4v) is 3.52. The minimum Gasteiger partial charge on any atom is -0.497 e. The Bertz CT molecular complexity index is 945. The molecule has 1 amide bonds. The molecule has 1 aliphatic heterocycles. The lowest BCUT2D eigenvalue weighted by molar-refractivity contribution is 0.0956. The van der Waals surface area contributed by atoms with Crippen molar-refractivity contribution in [2.45, 2.75) is 39.2 Å². The van der Waals surface area contributed by atoms with Crippen LogP contribution in [0.2, 0.25) is 0 Å². The van der Waals surface area contributed by atoms with Gasteiger partial charge in [-0.25, -0.2) is 0 Å². The predicted octanol–water partition coefficient (Wildman–Crippen LogP) is 3.84. The Morgan fingerprint density at radius 1 is 1.14 bits per heavy atom. The number of fused-ring (bicyclic) bond motifs is 1. The van der Waals surface area contributed by atoms with Crippen molar-refractivity contribution in [1.29, 1.82) is 0 Å². The van der Waals surface area contributed by atoms with Crippen LogP contribution in [0.1, 0.15) is 59.0 Å². The van der Waals surface area contributed by atoms with Crippen LogP contribution in [0.25, 0.3) is 0 Å². The van der Waals surface area contributed by atoms with Gasteiger partial charge < -0.3 is 10.1 Å². The molecule has 0 unspecified atom stereocenters. The molecule has 1 heterocycles. The van der Waals surface area contributed by atoms with Gasteiger partial charge in [-0.2, -0.15) is 0 Å². The Kier molecular flexibility index (Phi) is 5.63. The number of hydrogen-bond donors (Lipinski definition) is 1. The normalized spacial score (nSPS) is 14.6. The molecule has 0 aromatic heterocycles. The summed E-state index contributed by atoms with van der Waals surface area (Å²) in [6, 6.07) is 12.8. The minimum absolute atomic E-state index is 0.0589. The standard InChI is InChI=1S/C23H26N2O3/c1-5-24-22(27)16-8-6-7-15(11-16)21(26)13-20-19-12-18(28-4)10-9-17(19)14-23(2,3)25-20/h6-12H,5,13-14H2,1-4H3,(H,24,27). The third kappa shape index (κ3) is 4.30. The van der Waals surface area contributed by atoms with Gasteiger partial charge in [-0.1, -0.05) is 18.2 Å². The number of ether oxygens (including phenoxy) is 1. The molecule has 0 atom stereocenters. The van der Waals surface area contributed by atoms with Crippen molar-refractivity contribution < 1.29 is 14.3 Å². The van der Waals surface area contributed by atoms with E-state index < -0.39 is 0 Å². The highest BCUT2D eigenvalue weighted by molar-refractivity contribution is 6.17. The second-order valence-electron chi connectivity index (χ2n) is 7.61. The van der Waals surface area contributed by atoms with Crippen molar-refractivity contribution in [3.63, 3.8) is 0 Å². The van der Waals surface area contributed by atoms with Crippen LogP contribution in [0.15, 0.2) is 47.5 Å². The van der Waals surface area contributed by atoms with E-state index >= 15 is 0 Å². The van der Waals surface area contributed by atoms with Crippen LogP contribution in [0, 0.1) is 0 Å². The molecule has 28 heavy (non-hydrogen) atoms. The molecule has 1 N–H and O–H groups in total. The summed E-state index contributed by atoms with van der Waals surface area (Å²) >= 11 is 0. The van der Waals surface area contributed by atoms with Crippen molar-refractivity contribution >= 4 is 17.4 Å². The van der Waals surface area contributed by atoms with Gasteiger partial charge in [0, 0.05) is 23.2 Å². The summed E-state index contributed by atoms with van der Waals surface area (Å²) in [5.74, 6) is 0.511. The second-order valence-corrected chi connectivity index (χ2v) is 7.61. The molecule has 0 bridgehead atoms. The number of carbonyl (C=O) groups is 2. The lowest BCUT2D eigenvalue weighted by Gasteiger charge is -2.29. The van der Waals surface area contributed by atoms with Crippen LogP contribution in [-0.4, -0.2) is 36.6 Å². The molecule has 1 aliphatic rings. The SMILES string of the molecule is CCNC(=O)c1cccc(C(=O)CC2=NC(C)(C)Cc3ccc(OC)cc32)c1. The number of nitrogens with one attached hydrogen (secondary N) is 1. The molecule has 146 valence electrons. The Balaban J connectivity index is 1.90. The largest absolute Gasteiger partial charge is 0.497 e. The Hall–Kier alpha value is -2.95. The summed E-state index contributed by atoms with van der Waals surface area (Å²) in [5, 5.41) is 2.76. The third-order valence-corrected chi connectivity index (χ3v) is 4.80. The molecular formula is C23H26N2O3. The van der Waals surface area contributed by atoms with Crippen LogP contribution < -0.4 is 10.1 Å². The van der Waals surface area contributed by atoms with Gasteiger partial charge in [-0.3, -0.25) is 14.6 Å². The number of amides is 1.